The lowest BCUT2D eigenvalue weighted by atomic mass is 10.2. The number of nitrogens with zero attached hydrogens (tertiary/aromatic N) is 1. The minimum Gasteiger partial charge on any atom is -0.489 e. The number of pyridine rings is 1. The quantitative estimate of drug-likeness (QED) is 0.299. The van der Waals surface area contributed by atoms with Crippen LogP contribution in [0.3, 0.4) is 0 Å². The maximum atomic E-state index is 10.9. The molecule has 184 valence electrons. The summed E-state index contributed by atoms with van der Waals surface area (Å²) in [5.41, 5.74) is 2.18. The molecule has 0 bridgehead atoms. The zero-order valence-electron chi connectivity index (χ0n) is 19.1. The number of aliphatic carboxylic acids is 2. The maximum Gasteiger partial charge on any atom is 0.341 e. The highest BCUT2D eigenvalue weighted by Crippen LogP contribution is 2.27. The van der Waals surface area contributed by atoms with Crippen LogP contribution in [0.5, 0.6) is 23.0 Å². The number of ether oxygens (including phenoxy) is 4. The predicted molar refractivity (Wildman–Crippen MR) is 130 cm³/mol. The molecule has 0 atom stereocenters. The number of carbonyl (C=O) groups is 2. The summed E-state index contributed by atoms with van der Waals surface area (Å²) >= 11 is 0. The number of hydrogen-bond donors (Lipinski definition) is 2. The van der Waals surface area contributed by atoms with E-state index in [2.05, 4.69) is 4.98 Å². The first-order chi connectivity index (χ1) is 17.5. The lowest BCUT2D eigenvalue weighted by molar-refractivity contribution is -0.140. The largest absolute Gasteiger partial charge is 0.489 e. The SMILES string of the molecule is O=C(O)COc1ccc(OCC(=O)O)c(COc2cccc(OCc3ccc4ccccc4n3)c2)c1. The van der Waals surface area contributed by atoms with Crippen LogP contribution in [0.1, 0.15) is 11.3 Å². The van der Waals surface area contributed by atoms with Crippen LogP contribution < -0.4 is 18.9 Å². The molecule has 3 aromatic carbocycles. The van der Waals surface area contributed by atoms with Crippen molar-refractivity contribution < 1.29 is 38.7 Å². The molecule has 36 heavy (non-hydrogen) atoms. The van der Waals surface area contributed by atoms with Crippen molar-refractivity contribution in [3.8, 4) is 23.0 Å². The van der Waals surface area contributed by atoms with Crippen LogP contribution in [0.15, 0.2) is 78.9 Å². The zero-order chi connectivity index (χ0) is 25.3. The first kappa shape index (κ1) is 24.3. The molecule has 0 radical (unpaired) electrons. The lowest BCUT2D eigenvalue weighted by Gasteiger charge is -2.14. The smallest absolute Gasteiger partial charge is 0.341 e. The normalized spacial score (nSPS) is 10.6. The Morgan fingerprint density at radius 2 is 1.36 bits per heavy atom. The predicted octanol–water partition coefficient (Wildman–Crippen LogP) is 4.32. The summed E-state index contributed by atoms with van der Waals surface area (Å²) in [4.78, 5) is 26.3. The summed E-state index contributed by atoms with van der Waals surface area (Å²) in [6.45, 7) is -0.741. The van der Waals surface area contributed by atoms with E-state index in [-0.39, 0.29) is 19.0 Å². The van der Waals surface area contributed by atoms with Crippen LogP contribution >= 0.6 is 0 Å². The number of fused-ring (bicyclic) bond motifs is 1. The van der Waals surface area contributed by atoms with Gasteiger partial charge in [-0.1, -0.05) is 30.3 Å². The molecule has 0 aliphatic heterocycles. The highest BCUT2D eigenvalue weighted by atomic mass is 16.5. The minimum absolute atomic E-state index is 0.0227. The van der Waals surface area contributed by atoms with E-state index in [1.807, 2.05) is 36.4 Å². The van der Waals surface area contributed by atoms with Crippen LogP contribution in [-0.2, 0) is 22.8 Å². The van der Waals surface area contributed by atoms with Crippen LogP contribution in [0, 0.1) is 0 Å². The highest BCUT2D eigenvalue weighted by molar-refractivity contribution is 5.78. The van der Waals surface area contributed by atoms with Gasteiger partial charge in [-0.25, -0.2) is 14.6 Å². The van der Waals surface area contributed by atoms with Gasteiger partial charge in [-0.3, -0.25) is 0 Å². The third-order valence-electron chi connectivity index (χ3n) is 4.99. The van der Waals surface area contributed by atoms with E-state index in [0.717, 1.165) is 16.6 Å². The summed E-state index contributed by atoms with van der Waals surface area (Å²) in [7, 11) is 0. The molecule has 1 aromatic heterocycles. The first-order valence-corrected chi connectivity index (χ1v) is 11.0. The summed E-state index contributed by atoms with van der Waals surface area (Å²) in [5.74, 6) is -0.564. The number of carboxylic acid groups (broad SMARTS) is 2. The van der Waals surface area contributed by atoms with Gasteiger partial charge in [0, 0.05) is 17.0 Å². The van der Waals surface area contributed by atoms with Crippen LogP contribution in [0.4, 0.5) is 0 Å². The maximum absolute atomic E-state index is 10.9. The fourth-order valence-electron chi connectivity index (χ4n) is 3.34. The molecule has 0 saturated carbocycles. The second kappa shape index (κ2) is 11.6. The van der Waals surface area contributed by atoms with Gasteiger partial charge in [0.05, 0.1) is 11.2 Å². The van der Waals surface area contributed by atoms with E-state index in [1.165, 1.54) is 12.1 Å². The van der Waals surface area contributed by atoms with Crippen molar-refractivity contribution >= 4 is 22.8 Å². The van der Waals surface area contributed by atoms with Crippen molar-refractivity contribution in [2.45, 2.75) is 13.2 Å². The van der Waals surface area contributed by atoms with Gasteiger partial charge in [-0.2, -0.15) is 0 Å². The van der Waals surface area contributed by atoms with Gasteiger partial charge in [0.1, 0.15) is 36.2 Å². The molecule has 0 aliphatic carbocycles. The van der Waals surface area contributed by atoms with Crippen molar-refractivity contribution in [2.24, 2.45) is 0 Å². The number of rotatable bonds is 12. The molecule has 0 unspecified atom stereocenters. The van der Waals surface area contributed by atoms with Crippen molar-refractivity contribution in [1.82, 2.24) is 4.98 Å². The average Bonchev–Trinajstić information content (AvgIpc) is 2.89. The highest BCUT2D eigenvalue weighted by Gasteiger charge is 2.11. The van der Waals surface area contributed by atoms with E-state index in [1.54, 1.807) is 30.3 Å². The van der Waals surface area contributed by atoms with Gasteiger partial charge in [-0.05, 0) is 42.5 Å². The average molecular weight is 489 g/mol. The van der Waals surface area contributed by atoms with E-state index >= 15 is 0 Å². The molecule has 9 heteroatoms. The van der Waals surface area contributed by atoms with E-state index in [9.17, 15) is 9.59 Å². The molecule has 1 heterocycles. The summed E-state index contributed by atoms with van der Waals surface area (Å²) in [5, 5.41) is 18.8. The molecule has 0 amide bonds. The third kappa shape index (κ3) is 6.86. The summed E-state index contributed by atoms with van der Waals surface area (Å²) < 4.78 is 22.3. The Morgan fingerprint density at radius 3 is 2.14 bits per heavy atom. The van der Waals surface area contributed by atoms with Crippen molar-refractivity contribution in [3.63, 3.8) is 0 Å². The fraction of sp³-hybridized carbons (Fsp3) is 0.148. The number of para-hydroxylation sites is 1. The van der Waals surface area contributed by atoms with E-state index < -0.39 is 25.2 Å². The first-order valence-electron chi connectivity index (χ1n) is 11.0. The van der Waals surface area contributed by atoms with Gasteiger partial charge >= 0.3 is 11.9 Å². The number of aromatic nitrogens is 1. The van der Waals surface area contributed by atoms with Crippen molar-refractivity contribution in [3.05, 3.63) is 90.1 Å². The molecule has 2 N–H and O–H groups in total. The molecule has 0 aliphatic rings. The van der Waals surface area contributed by atoms with Gasteiger partial charge in [0.15, 0.2) is 13.2 Å². The Morgan fingerprint density at radius 1 is 0.667 bits per heavy atom. The Balaban J connectivity index is 1.42. The molecule has 9 nitrogen and oxygen atoms in total. The lowest BCUT2D eigenvalue weighted by Crippen LogP contribution is -2.12. The molecule has 0 saturated heterocycles. The Kier molecular flexibility index (Phi) is 7.82. The second-order valence-electron chi connectivity index (χ2n) is 7.68. The topological polar surface area (TPSA) is 124 Å². The van der Waals surface area contributed by atoms with E-state index in [0.29, 0.717) is 22.8 Å². The number of hydrogen-bond acceptors (Lipinski definition) is 7. The molecule has 0 spiro atoms. The standard InChI is InChI=1S/C27H23NO8/c29-26(30)16-35-23-10-11-25(36-17-27(31)32)19(12-23)14-33-21-5-3-6-22(13-21)34-15-20-9-8-18-4-1-2-7-24(18)28-20/h1-13H,14-17H2,(H,29,30)(H,31,32). The van der Waals surface area contributed by atoms with Gasteiger partial charge in [0.2, 0.25) is 0 Å². The van der Waals surface area contributed by atoms with Crippen molar-refractivity contribution in [2.75, 3.05) is 13.2 Å². The third-order valence-corrected chi connectivity index (χ3v) is 4.99. The van der Waals surface area contributed by atoms with Gasteiger partial charge in [0.25, 0.3) is 0 Å². The molecule has 4 aromatic rings. The van der Waals surface area contributed by atoms with Gasteiger partial charge in [-0.15, -0.1) is 0 Å². The molecule has 0 fully saturated rings. The number of benzene rings is 3. The monoisotopic (exact) mass is 489 g/mol. The van der Waals surface area contributed by atoms with Crippen LogP contribution in [-0.4, -0.2) is 40.3 Å². The summed E-state index contributed by atoms with van der Waals surface area (Å²) in [6, 6.07) is 23.4. The van der Waals surface area contributed by atoms with E-state index in [4.69, 9.17) is 29.2 Å². The Bertz CT molecular complexity index is 1370. The summed E-state index contributed by atoms with van der Waals surface area (Å²) in [6.07, 6.45) is 0. The number of carboxylic acids is 2. The van der Waals surface area contributed by atoms with Crippen LogP contribution in [0.2, 0.25) is 0 Å². The second-order valence-corrected chi connectivity index (χ2v) is 7.68. The molecule has 4 rings (SSSR count). The van der Waals surface area contributed by atoms with Crippen molar-refractivity contribution in [1.29, 1.82) is 0 Å². The molecular formula is C27H23NO8. The zero-order valence-corrected chi connectivity index (χ0v) is 19.1. The molecular weight excluding hydrogens is 466 g/mol. The Labute approximate surface area is 206 Å². The van der Waals surface area contributed by atoms with Gasteiger partial charge < -0.3 is 29.2 Å². The fourth-order valence-corrected chi connectivity index (χ4v) is 3.34. The van der Waals surface area contributed by atoms with Crippen LogP contribution in [0.25, 0.3) is 10.9 Å². The Hall–Kier alpha value is -4.79. The minimum atomic E-state index is -1.13.